The molecule has 8 heteroatoms. The highest BCUT2D eigenvalue weighted by Crippen LogP contribution is 2.36. The van der Waals surface area contributed by atoms with E-state index < -0.39 is 0 Å². The van der Waals surface area contributed by atoms with E-state index in [0.29, 0.717) is 46.6 Å². The molecule has 3 heterocycles. The van der Waals surface area contributed by atoms with Crippen LogP contribution in [0.5, 0.6) is 23.0 Å². The lowest BCUT2D eigenvalue weighted by molar-refractivity contribution is 0.0997. The van der Waals surface area contributed by atoms with Gasteiger partial charge in [-0.05, 0) is 18.2 Å². The van der Waals surface area contributed by atoms with Crippen LogP contribution in [0.2, 0.25) is 0 Å². The van der Waals surface area contributed by atoms with Gasteiger partial charge in [-0.25, -0.2) is 0 Å². The largest absolute Gasteiger partial charge is 0.486 e. The molecule has 2 aliphatic heterocycles. The Kier molecular flexibility index (Phi) is 3.95. The molecular weight excluding hydrogens is 380 g/mol. The van der Waals surface area contributed by atoms with Gasteiger partial charge in [0.2, 0.25) is 6.79 Å². The van der Waals surface area contributed by atoms with Crippen molar-refractivity contribution in [2.45, 2.75) is 6.54 Å². The Morgan fingerprint density at radius 1 is 1.07 bits per heavy atom. The van der Waals surface area contributed by atoms with Crippen LogP contribution in [0.15, 0.2) is 35.3 Å². The molecule has 0 saturated heterocycles. The van der Waals surface area contributed by atoms with E-state index in [1.807, 2.05) is 16.7 Å². The summed E-state index contributed by atoms with van der Waals surface area (Å²) in [5.74, 6) is 4.74. The van der Waals surface area contributed by atoms with E-state index in [1.54, 1.807) is 18.2 Å². The lowest BCUT2D eigenvalue weighted by Gasteiger charge is -2.18. The maximum atomic E-state index is 12.7. The van der Waals surface area contributed by atoms with Crippen molar-refractivity contribution in [1.82, 2.24) is 4.57 Å². The second-order valence-electron chi connectivity index (χ2n) is 6.12. The zero-order chi connectivity index (χ0) is 19.1. The van der Waals surface area contributed by atoms with Crippen molar-refractivity contribution < 1.29 is 23.7 Å². The quantitative estimate of drug-likeness (QED) is 0.625. The van der Waals surface area contributed by atoms with Crippen LogP contribution in [0.3, 0.4) is 0 Å². The van der Waals surface area contributed by atoms with Gasteiger partial charge in [0, 0.05) is 17.7 Å². The van der Waals surface area contributed by atoms with Crippen LogP contribution in [0.1, 0.15) is 10.4 Å². The zero-order valence-electron chi connectivity index (χ0n) is 14.6. The zero-order valence-corrected chi connectivity index (χ0v) is 15.5. The number of ether oxygens (including phenoxy) is 4. The molecule has 0 N–H and O–H groups in total. The molecule has 1 aromatic heterocycles. The lowest BCUT2D eigenvalue weighted by atomic mass is 10.2. The first-order valence-electron chi connectivity index (χ1n) is 8.58. The number of terminal acetylenes is 1. The fourth-order valence-corrected chi connectivity index (χ4v) is 4.15. The molecule has 0 fully saturated rings. The van der Waals surface area contributed by atoms with Gasteiger partial charge in [0.15, 0.2) is 27.8 Å². The minimum Gasteiger partial charge on any atom is -0.486 e. The number of carbonyl (C=O) groups is 1. The van der Waals surface area contributed by atoms with Crippen molar-refractivity contribution in [3.63, 3.8) is 0 Å². The van der Waals surface area contributed by atoms with E-state index in [-0.39, 0.29) is 19.2 Å². The topological polar surface area (TPSA) is 71.3 Å². The van der Waals surface area contributed by atoms with Crippen molar-refractivity contribution >= 4 is 27.5 Å². The van der Waals surface area contributed by atoms with Crippen LogP contribution >= 0.6 is 11.3 Å². The Balaban J connectivity index is 1.62. The molecule has 0 atom stereocenters. The van der Waals surface area contributed by atoms with E-state index in [4.69, 9.17) is 25.4 Å². The molecule has 2 aliphatic rings. The van der Waals surface area contributed by atoms with Gasteiger partial charge in [0.1, 0.15) is 13.2 Å². The van der Waals surface area contributed by atoms with Crippen LogP contribution in [-0.2, 0) is 6.54 Å². The van der Waals surface area contributed by atoms with Gasteiger partial charge in [-0.2, -0.15) is 4.99 Å². The summed E-state index contributed by atoms with van der Waals surface area (Å²) in [5.41, 5.74) is 1.27. The number of aromatic nitrogens is 1. The van der Waals surface area contributed by atoms with E-state index in [0.717, 1.165) is 10.2 Å². The third-order valence-electron chi connectivity index (χ3n) is 4.41. The van der Waals surface area contributed by atoms with Crippen molar-refractivity contribution in [3.05, 3.63) is 40.7 Å². The Morgan fingerprint density at radius 2 is 1.82 bits per heavy atom. The molecule has 0 radical (unpaired) electrons. The smallest absolute Gasteiger partial charge is 0.279 e. The van der Waals surface area contributed by atoms with Gasteiger partial charge in [-0.3, -0.25) is 4.79 Å². The molecular formula is C20H14N2O5S. The minimum atomic E-state index is -0.382. The molecule has 140 valence electrons. The summed E-state index contributed by atoms with van der Waals surface area (Å²) in [6.07, 6.45) is 5.54. The molecule has 3 aromatic rings. The molecule has 0 saturated carbocycles. The van der Waals surface area contributed by atoms with Crippen molar-refractivity contribution in [1.29, 1.82) is 0 Å². The predicted molar refractivity (Wildman–Crippen MR) is 102 cm³/mol. The Labute approximate surface area is 163 Å². The fourth-order valence-electron chi connectivity index (χ4n) is 3.12. The molecule has 2 aromatic carbocycles. The summed E-state index contributed by atoms with van der Waals surface area (Å²) in [5, 5.41) is 0. The normalized spacial score (nSPS) is 14.9. The Morgan fingerprint density at radius 3 is 2.64 bits per heavy atom. The molecule has 5 rings (SSSR count). The highest BCUT2D eigenvalue weighted by molar-refractivity contribution is 7.16. The first kappa shape index (κ1) is 16.7. The molecule has 7 nitrogen and oxygen atoms in total. The van der Waals surface area contributed by atoms with Crippen molar-refractivity contribution in [2.24, 2.45) is 4.99 Å². The number of fused-ring (bicyclic) bond motifs is 3. The Bertz CT molecular complexity index is 1220. The van der Waals surface area contributed by atoms with Crippen LogP contribution in [0.25, 0.3) is 10.2 Å². The number of benzene rings is 2. The SMILES string of the molecule is C#CCn1c(=NC(=O)c2ccc3c(c2)OCO3)sc2cc3c(cc21)OCCO3. The molecule has 0 spiro atoms. The van der Waals surface area contributed by atoms with Crippen molar-refractivity contribution in [2.75, 3.05) is 20.0 Å². The highest BCUT2D eigenvalue weighted by Gasteiger charge is 2.18. The van der Waals surface area contributed by atoms with Gasteiger partial charge in [-0.15, -0.1) is 6.42 Å². The molecule has 1 amide bonds. The summed E-state index contributed by atoms with van der Waals surface area (Å²) in [4.78, 5) is 17.6. The molecule has 28 heavy (non-hydrogen) atoms. The number of nitrogens with zero attached hydrogens (tertiary/aromatic N) is 2. The van der Waals surface area contributed by atoms with Crippen molar-refractivity contribution in [3.8, 4) is 35.3 Å². The third-order valence-corrected chi connectivity index (χ3v) is 5.45. The van der Waals surface area contributed by atoms with Crippen LogP contribution < -0.4 is 23.7 Å². The average molecular weight is 394 g/mol. The van der Waals surface area contributed by atoms with Gasteiger partial charge in [-0.1, -0.05) is 17.3 Å². The number of hydrogen-bond donors (Lipinski definition) is 0. The second-order valence-corrected chi connectivity index (χ2v) is 7.13. The lowest BCUT2D eigenvalue weighted by Crippen LogP contribution is -2.17. The summed E-state index contributed by atoms with van der Waals surface area (Å²) in [6, 6.07) is 8.77. The number of rotatable bonds is 2. The number of amides is 1. The summed E-state index contributed by atoms with van der Waals surface area (Å²) >= 11 is 1.37. The van der Waals surface area contributed by atoms with Gasteiger partial charge >= 0.3 is 0 Å². The van der Waals surface area contributed by atoms with Crippen LogP contribution in [0.4, 0.5) is 0 Å². The summed E-state index contributed by atoms with van der Waals surface area (Å²) in [7, 11) is 0. The van der Waals surface area contributed by atoms with Gasteiger partial charge in [0.05, 0.1) is 16.8 Å². The monoisotopic (exact) mass is 394 g/mol. The average Bonchev–Trinajstić information content (AvgIpc) is 3.30. The second kappa shape index (κ2) is 6.62. The maximum absolute atomic E-state index is 12.7. The standard InChI is InChI=1S/C20H14N2O5S/c1-2-5-22-13-9-16-17(25-7-6-24-16)10-18(13)28-20(22)21-19(23)12-3-4-14-15(8-12)27-11-26-14/h1,3-4,8-10H,5-7,11H2. The number of carbonyl (C=O) groups excluding carboxylic acids is 1. The molecule has 0 unspecified atom stereocenters. The molecule has 0 bridgehead atoms. The molecule has 0 aliphatic carbocycles. The number of thiazole rings is 1. The third kappa shape index (κ3) is 2.77. The summed E-state index contributed by atoms with van der Waals surface area (Å²) < 4.78 is 24.6. The summed E-state index contributed by atoms with van der Waals surface area (Å²) in [6.45, 7) is 1.44. The highest BCUT2D eigenvalue weighted by atomic mass is 32.1. The van der Waals surface area contributed by atoms with E-state index >= 15 is 0 Å². The first-order chi connectivity index (χ1) is 13.7. The first-order valence-corrected chi connectivity index (χ1v) is 9.40. The minimum absolute atomic E-state index is 0.150. The predicted octanol–water partition coefficient (Wildman–Crippen LogP) is 2.58. The van der Waals surface area contributed by atoms with Gasteiger partial charge < -0.3 is 23.5 Å². The number of hydrogen-bond acceptors (Lipinski definition) is 6. The van der Waals surface area contributed by atoms with E-state index in [9.17, 15) is 4.79 Å². The van der Waals surface area contributed by atoms with E-state index in [1.165, 1.54) is 11.3 Å². The fraction of sp³-hybridized carbons (Fsp3) is 0.200. The Hall–Kier alpha value is -3.44. The van der Waals surface area contributed by atoms with Crippen LogP contribution in [-0.4, -0.2) is 30.5 Å². The van der Waals surface area contributed by atoms with Gasteiger partial charge in [0.25, 0.3) is 5.91 Å². The van der Waals surface area contributed by atoms with E-state index in [2.05, 4.69) is 10.9 Å². The van der Waals surface area contributed by atoms with Crippen LogP contribution in [0, 0.1) is 12.3 Å². The maximum Gasteiger partial charge on any atom is 0.279 e.